The number of halogens is 5. The Labute approximate surface area is 240 Å². The minimum absolute atomic E-state index is 0.0391. The molecule has 1 unspecified atom stereocenters. The first kappa shape index (κ1) is 32.8. The van der Waals surface area contributed by atoms with Gasteiger partial charge in [-0.05, 0) is 55.7 Å². The SMILES string of the molecule is CC.CC(CCc1ccc(Cl)c(Cl)c1)NC(=O)C1=C(O)C(=O)N(CCNC(=O)Nc2cccc(C(F)(F)F)c2)C1. The summed E-state index contributed by atoms with van der Waals surface area (Å²) in [5.41, 5.74) is -0.116. The molecule has 40 heavy (non-hydrogen) atoms. The van der Waals surface area contributed by atoms with Gasteiger partial charge in [0.1, 0.15) is 0 Å². The van der Waals surface area contributed by atoms with Gasteiger partial charge in [-0.2, -0.15) is 13.2 Å². The Kier molecular flexibility index (Phi) is 12.1. The van der Waals surface area contributed by atoms with Crippen molar-refractivity contribution in [1.29, 1.82) is 0 Å². The van der Waals surface area contributed by atoms with E-state index in [4.69, 9.17) is 23.2 Å². The Hall–Kier alpha value is -3.44. The molecule has 1 heterocycles. The van der Waals surface area contributed by atoms with Crippen LogP contribution in [0.1, 0.15) is 38.3 Å². The lowest BCUT2D eigenvalue weighted by Crippen LogP contribution is -2.39. The summed E-state index contributed by atoms with van der Waals surface area (Å²) in [5, 5.41) is 18.5. The molecule has 4 amide bonds. The van der Waals surface area contributed by atoms with E-state index in [1.165, 1.54) is 11.0 Å². The van der Waals surface area contributed by atoms with E-state index in [2.05, 4.69) is 16.0 Å². The summed E-state index contributed by atoms with van der Waals surface area (Å²) in [6.45, 7) is 5.52. The average Bonchev–Trinajstić information content (AvgIpc) is 3.19. The van der Waals surface area contributed by atoms with Crippen molar-refractivity contribution in [2.45, 2.75) is 45.8 Å². The summed E-state index contributed by atoms with van der Waals surface area (Å²) in [5.74, 6) is -2.03. The third-order valence-corrected chi connectivity index (χ3v) is 6.48. The van der Waals surface area contributed by atoms with Crippen molar-refractivity contribution in [3.8, 4) is 0 Å². The number of anilines is 1. The first-order chi connectivity index (χ1) is 18.8. The van der Waals surface area contributed by atoms with Gasteiger partial charge in [0.15, 0.2) is 5.76 Å². The molecule has 0 aromatic heterocycles. The molecule has 1 aliphatic heterocycles. The molecule has 1 aliphatic rings. The van der Waals surface area contributed by atoms with Gasteiger partial charge in [-0.15, -0.1) is 0 Å². The Morgan fingerprint density at radius 3 is 2.45 bits per heavy atom. The Balaban J connectivity index is 0.00000274. The average molecular weight is 603 g/mol. The maximum absolute atomic E-state index is 12.8. The quantitative estimate of drug-likeness (QED) is 0.284. The Morgan fingerprint density at radius 2 is 1.80 bits per heavy atom. The molecule has 4 N–H and O–H groups in total. The maximum atomic E-state index is 12.8. The van der Waals surface area contributed by atoms with Crippen LogP contribution >= 0.6 is 23.2 Å². The van der Waals surface area contributed by atoms with Crippen molar-refractivity contribution in [1.82, 2.24) is 15.5 Å². The summed E-state index contributed by atoms with van der Waals surface area (Å²) < 4.78 is 38.4. The highest BCUT2D eigenvalue weighted by Gasteiger charge is 2.34. The second-order valence-corrected chi connectivity index (χ2v) is 9.49. The smallest absolute Gasteiger partial charge is 0.416 e. The monoisotopic (exact) mass is 602 g/mol. The second-order valence-electron chi connectivity index (χ2n) is 8.67. The van der Waals surface area contributed by atoms with Gasteiger partial charge in [0, 0.05) is 24.8 Å². The molecule has 218 valence electrons. The summed E-state index contributed by atoms with van der Waals surface area (Å²) in [7, 11) is 0. The van der Waals surface area contributed by atoms with Crippen LogP contribution in [0.5, 0.6) is 0 Å². The second kappa shape index (κ2) is 14.8. The lowest BCUT2D eigenvalue weighted by Gasteiger charge is -2.18. The highest BCUT2D eigenvalue weighted by atomic mass is 35.5. The normalized spacial score (nSPS) is 13.9. The number of alkyl halides is 3. The van der Waals surface area contributed by atoms with Crippen LogP contribution in [-0.2, 0) is 22.2 Å². The number of urea groups is 1. The van der Waals surface area contributed by atoms with E-state index in [1.54, 1.807) is 19.1 Å². The molecule has 2 aromatic carbocycles. The molecule has 2 aromatic rings. The number of nitrogens with one attached hydrogen (secondary N) is 3. The van der Waals surface area contributed by atoms with Gasteiger partial charge < -0.3 is 26.0 Å². The van der Waals surface area contributed by atoms with Crippen LogP contribution < -0.4 is 16.0 Å². The molecule has 0 saturated heterocycles. The van der Waals surface area contributed by atoms with Crippen LogP contribution in [0.25, 0.3) is 0 Å². The molecule has 8 nitrogen and oxygen atoms in total. The van der Waals surface area contributed by atoms with Crippen molar-refractivity contribution in [3.63, 3.8) is 0 Å². The van der Waals surface area contributed by atoms with E-state index in [0.29, 0.717) is 22.9 Å². The Morgan fingerprint density at radius 1 is 1.10 bits per heavy atom. The molecule has 1 atom stereocenters. The number of amides is 4. The molecule has 0 radical (unpaired) electrons. The first-order valence-electron chi connectivity index (χ1n) is 12.5. The molecule has 0 aliphatic carbocycles. The molecule has 13 heteroatoms. The number of nitrogens with zero attached hydrogens (tertiary/aromatic N) is 1. The highest BCUT2D eigenvalue weighted by molar-refractivity contribution is 6.42. The van der Waals surface area contributed by atoms with Gasteiger partial charge in [-0.3, -0.25) is 9.59 Å². The predicted octanol–water partition coefficient (Wildman–Crippen LogP) is 5.95. The molecule has 0 bridgehead atoms. The largest absolute Gasteiger partial charge is 0.503 e. The molecule has 0 fully saturated rings. The van der Waals surface area contributed by atoms with Crippen LogP contribution in [0.3, 0.4) is 0 Å². The number of hydrogen-bond acceptors (Lipinski definition) is 4. The van der Waals surface area contributed by atoms with E-state index < -0.39 is 35.3 Å². The van der Waals surface area contributed by atoms with Crippen molar-refractivity contribution in [3.05, 3.63) is 75.0 Å². The minimum atomic E-state index is -4.55. The van der Waals surface area contributed by atoms with Crippen LogP contribution in [0.2, 0.25) is 10.0 Å². The zero-order valence-corrected chi connectivity index (χ0v) is 23.7. The third-order valence-electron chi connectivity index (χ3n) is 5.74. The summed E-state index contributed by atoms with van der Waals surface area (Å²) in [6, 6.07) is 8.35. The highest BCUT2D eigenvalue weighted by Crippen LogP contribution is 2.30. The van der Waals surface area contributed by atoms with Gasteiger partial charge >= 0.3 is 12.2 Å². The van der Waals surface area contributed by atoms with Crippen LogP contribution in [0.4, 0.5) is 23.7 Å². The van der Waals surface area contributed by atoms with Gasteiger partial charge in [0.2, 0.25) is 0 Å². The summed E-state index contributed by atoms with van der Waals surface area (Å²) in [6.07, 6.45) is -3.37. The van der Waals surface area contributed by atoms with Gasteiger partial charge in [0.25, 0.3) is 11.8 Å². The maximum Gasteiger partial charge on any atom is 0.416 e. The van der Waals surface area contributed by atoms with Crippen molar-refractivity contribution >= 4 is 46.7 Å². The standard InChI is InChI=1S/C25H25Cl2F3N4O4.C2H6/c1-14(5-6-15-7-8-19(26)20(27)11-15)32-22(36)18-13-34(23(37)21(18)35)10-9-31-24(38)33-17-4-2-3-16(12-17)25(28,29)30;1-2/h2-4,7-8,11-12,14,35H,5-6,9-10,13H2,1H3,(H,32,36)(H2,31,33,38);1-2H3. The number of carbonyl (C=O) groups excluding carboxylic acids is 3. The number of hydrogen-bond donors (Lipinski definition) is 4. The van der Waals surface area contributed by atoms with Gasteiger partial charge in [-0.25, -0.2) is 4.79 Å². The van der Waals surface area contributed by atoms with Crippen molar-refractivity contribution < 1.29 is 32.7 Å². The minimum Gasteiger partial charge on any atom is -0.503 e. The van der Waals surface area contributed by atoms with E-state index in [-0.39, 0.29) is 36.9 Å². The lowest BCUT2D eigenvalue weighted by molar-refractivity contribution is -0.137. The fraction of sp³-hybridized carbons (Fsp3) is 0.370. The zero-order valence-electron chi connectivity index (χ0n) is 22.2. The Bertz CT molecular complexity index is 1250. The number of benzene rings is 2. The van der Waals surface area contributed by atoms with Crippen LogP contribution in [0, 0.1) is 0 Å². The van der Waals surface area contributed by atoms with Crippen LogP contribution in [0.15, 0.2) is 53.8 Å². The topological polar surface area (TPSA) is 111 Å². The van der Waals surface area contributed by atoms with Crippen molar-refractivity contribution in [2.24, 2.45) is 0 Å². The fourth-order valence-corrected chi connectivity index (χ4v) is 4.01. The number of rotatable bonds is 9. The molecular weight excluding hydrogens is 572 g/mol. The van der Waals surface area contributed by atoms with Crippen molar-refractivity contribution in [2.75, 3.05) is 25.0 Å². The van der Waals surface area contributed by atoms with Crippen LogP contribution in [-0.4, -0.2) is 53.5 Å². The van der Waals surface area contributed by atoms with E-state index >= 15 is 0 Å². The summed E-state index contributed by atoms with van der Waals surface area (Å²) >= 11 is 11.9. The van der Waals surface area contributed by atoms with E-state index in [0.717, 1.165) is 23.8 Å². The van der Waals surface area contributed by atoms with E-state index in [9.17, 15) is 32.7 Å². The first-order valence-corrected chi connectivity index (χ1v) is 13.3. The number of carbonyl (C=O) groups is 3. The third kappa shape index (κ3) is 9.34. The lowest BCUT2D eigenvalue weighted by atomic mass is 10.1. The van der Waals surface area contributed by atoms with Gasteiger partial charge in [0.05, 0.1) is 27.7 Å². The summed E-state index contributed by atoms with van der Waals surface area (Å²) in [4.78, 5) is 38.2. The molecule has 3 rings (SSSR count). The fourth-order valence-electron chi connectivity index (χ4n) is 3.69. The zero-order chi connectivity index (χ0) is 30.0. The predicted molar refractivity (Wildman–Crippen MR) is 148 cm³/mol. The molecule has 0 spiro atoms. The molecule has 0 saturated carbocycles. The number of aliphatic hydroxyl groups excluding tert-OH is 1. The number of aliphatic hydroxyl groups is 1. The van der Waals surface area contributed by atoms with Gasteiger partial charge in [-0.1, -0.05) is 49.2 Å². The molecular formula is C27H31Cl2F3N4O4. The number of aryl methyl sites for hydroxylation is 1. The van der Waals surface area contributed by atoms with E-state index in [1.807, 2.05) is 19.9 Å².